The number of anilines is 1. The van der Waals surface area contributed by atoms with Gasteiger partial charge in [0.15, 0.2) is 0 Å². The number of benzene rings is 3. The molecular weight excluding hydrogens is 472 g/mol. The molecule has 1 N–H and O–H groups in total. The summed E-state index contributed by atoms with van der Waals surface area (Å²) in [7, 11) is 3.26. The third-order valence-electron chi connectivity index (χ3n) is 5.85. The first-order valence-corrected chi connectivity index (χ1v) is 13.0. The molecule has 0 atom stereocenters. The Morgan fingerprint density at radius 2 is 1.63 bits per heavy atom. The van der Waals surface area contributed by atoms with E-state index in [1.807, 2.05) is 61.5 Å². The maximum atomic E-state index is 10.3. The molecule has 0 fully saturated rings. The lowest BCUT2D eigenvalue weighted by atomic mass is 9.90. The minimum atomic E-state index is 0.625. The number of nitrogens with one attached hydrogen (secondary N) is 1. The fourth-order valence-electron chi connectivity index (χ4n) is 3.90. The Balaban J connectivity index is 0.000000294. The molecule has 0 unspecified atom stereocenters. The van der Waals surface area contributed by atoms with Crippen LogP contribution in [0.3, 0.4) is 0 Å². The number of nitrogens with zero attached hydrogens (tertiary/aromatic N) is 1. The Morgan fingerprint density at radius 1 is 1.00 bits per heavy atom. The van der Waals surface area contributed by atoms with Crippen LogP contribution in [0.2, 0.25) is 0 Å². The van der Waals surface area contributed by atoms with Crippen LogP contribution in [-0.4, -0.2) is 20.6 Å². The lowest BCUT2D eigenvalue weighted by Gasteiger charge is -2.15. The topological polar surface area (TPSA) is 71.3 Å². The zero-order chi connectivity index (χ0) is 28.2. The van der Waals surface area contributed by atoms with Crippen molar-refractivity contribution >= 4 is 17.7 Å². The third kappa shape index (κ3) is 11.9. The van der Waals surface area contributed by atoms with Gasteiger partial charge in [-0.05, 0) is 66.6 Å². The molecule has 0 aromatic heterocycles. The number of carbonyl (C=O) groups is 1. The molecule has 202 valence electrons. The summed E-state index contributed by atoms with van der Waals surface area (Å²) >= 11 is 0. The highest BCUT2D eigenvalue weighted by Crippen LogP contribution is 2.27. The van der Waals surface area contributed by atoms with Gasteiger partial charge >= 0.3 is 0 Å². The third-order valence-corrected chi connectivity index (χ3v) is 5.85. The van der Waals surface area contributed by atoms with Gasteiger partial charge in [0, 0.05) is 7.11 Å². The van der Waals surface area contributed by atoms with Crippen LogP contribution in [0, 0.1) is 11.3 Å². The number of allylic oxidation sites excluding steroid dienone is 1. The average molecular weight is 515 g/mol. The first-order valence-electron chi connectivity index (χ1n) is 13.0. The molecule has 0 bridgehead atoms. The number of rotatable bonds is 11. The monoisotopic (exact) mass is 514 g/mol. The molecule has 0 spiro atoms. The SMILES string of the molecule is C=C(C)c1ccc(OC)c(NC=O)c1.CCCC(CCC)c1ccc(C#N)cc1.COCc1ccccc1. The van der Waals surface area contributed by atoms with Gasteiger partial charge in [0.25, 0.3) is 0 Å². The van der Waals surface area contributed by atoms with Crippen molar-refractivity contribution in [3.63, 3.8) is 0 Å². The summed E-state index contributed by atoms with van der Waals surface area (Å²) < 4.78 is 10.0. The lowest BCUT2D eigenvalue weighted by molar-refractivity contribution is -0.105. The molecular formula is C33H42N2O3. The van der Waals surface area contributed by atoms with Crippen molar-refractivity contribution < 1.29 is 14.3 Å². The van der Waals surface area contributed by atoms with E-state index in [0.717, 1.165) is 16.7 Å². The maximum absolute atomic E-state index is 10.3. The Kier molecular flexibility index (Phi) is 16.3. The second-order valence-corrected chi connectivity index (χ2v) is 8.88. The van der Waals surface area contributed by atoms with Crippen LogP contribution in [0.4, 0.5) is 5.69 Å². The van der Waals surface area contributed by atoms with Crippen LogP contribution >= 0.6 is 0 Å². The molecule has 0 saturated heterocycles. The number of hydrogen-bond donors (Lipinski definition) is 1. The van der Waals surface area contributed by atoms with Crippen LogP contribution in [0.1, 0.15) is 74.6 Å². The van der Waals surface area contributed by atoms with Crippen molar-refractivity contribution in [3.8, 4) is 11.8 Å². The fourth-order valence-corrected chi connectivity index (χ4v) is 3.90. The van der Waals surface area contributed by atoms with E-state index in [4.69, 9.17) is 14.7 Å². The molecule has 3 rings (SSSR count). The molecule has 38 heavy (non-hydrogen) atoms. The molecule has 0 saturated carbocycles. The summed E-state index contributed by atoms with van der Waals surface area (Å²) in [5.41, 5.74) is 5.95. The van der Waals surface area contributed by atoms with Crippen molar-refractivity contribution in [1.82, 2.24) is 0 Å². The Labute approximate surface area is 229 Å². The average Bonchev–Trinajstić information content (AvgIpc) is 2.94. The molecule has 1 amide bonds. The first kappa shape index (κ1) is 32.1. The van der Waals surface area contributed by atoms with Crippen molar-refractivity contribution in [2.75, 3.05) is 19.5 Å². The Bertz CT molecular complexity index is 1110. The minimum Gasteiger partial charge on any atom is -0.495 e. The predicted octanol–water partition coefficient (Wildman–Crippen LogP) is 8.37. The minimum absolute atomic E-state index is 0.625. The molecule has 5 nitrogen and oxygen atoms in total. The summed E-state index contributed by atoms with van der Waals surface area (Å²) in [5, 5.41) is 11.3. The van der Waals surface area contributed by atoms with Gasteiger partial charge in [0.05, 0.1) is 31.0 Å². The van der Waals surface area contributed by atoms with E-state index in [0.29, 0.717) is 30.4 Å². The quantitative estimate of drug-likeness (QED) is 0.261. The van der Waals surface area contributed by atoms with E-state index in [2.05, 4.69) is 43.9 Å². The van der Waals surface area contributed by atoms with Crippen molar-refractivity contribution in [2.24, 2.45) is 0 Å². The van der Waals surface area contributed by atoms with Gasteiger partial charge in [0.2, 0.25) is 6.41 Å². The van der Waals surface area contributed by atoms with Crippen molar-refractivity contribution in [3.05, 3.63) is 102 Å². The number of amides is 1. The Hall–Kier alpha value is -3.88. The van der Waals surface area contributed by atoms with Gasteiger partial charge in [-0.1, -0.05) is 87.4 Å². The molecule has 3 aromatic rings. The summed E-state index contributed by atoms with van der Waals surface area (Å²) in [6, 6.07) is 25.9. The molecule has 0 aliphatic carbocycles. The van der Waals surface area contributed by atoms with E-state index in [1.54, 1.807) is 20.3 Å². The maximum Gasteiger partial charge on any atom is 0.211 e. The molecule has 0 aliphatic heterocycles. The summed E-state index contributed by atoms with van der Waals surface area (Å²) in [6.45, 7) is 10.9. The number of nitriles is 1. The van der Waals surface area contributed by atoms with Gasteiger partial charge in [-0.2, -0.15) is 5.26 Å². The van der Waals surface area contributed by atoms with E-state index >= 15 is 0 Å². The molecule has 0 heterocycles. The largest absolute Gasteiger partial charge is 0.495 e. The second-order valence-electron chi connectivity index (χ2n) is 8.88. The van der Waals surface area contributed by atoms with Crippen LogP contribution in [-0.2, 0) is 16.1 Å². The highest BCUT2D eigenvalue weighted by molar-refractivity contribution is 5.78. The van der Waals surface area contributed by atoms with Gasteiger partial charge in [-0.3, -0.25) is 4.79 Å². The predicted molar refractivity (Wildman–Crippen MR) is 158 cm³/mol. The van der Waals surface area contributed by atoms with Gasteiger partial charge in [-0.25, -0.2) is 0 Å². The van der Waals surface area contributed by atoms with E-state index < -0.39 is 0 Å². The number of ether oxygens (including phenoxy) is 2. The molecule has 5 heteroatoms. The fraction of sp³-hybridized carbons (Fsp3) is 0.333. The van der Waals surface area contributed by atoms with Crippen LogP contribution in [0.5, 0.6) is 5.75 Å². The number of methoxy groups -OCH3 is 2. The number of carbonyl (C=O) groups excluding carboxylic acids is 1. The molecule has 0 radical (unpaired) electrons. The normalized spacial score (nSPS) is 9.71. The van der Waals surface area contributed by atoms with Crippen LogP contribution < -0.4 is 10.1 Å². The second kappa shape index (κ2) is 19.3. The van der Waals surface area contributed by atoms with Crippen LogP contribution in [0.15, 0.2) is 79.4 Å². The zero-order valence-corrected chi connectivity index (χ0v) is 23.5. The summed E-state index contributed by atoms with van der Waals surface area (Å²) in [4.78, 5) is 10.3. The van der Waals surface area contributed by atoms with Gasteiger partial charge < -0.3 is 14.8 Å². The standard InChI is InChI=1S/C14H19N.C11H13NO2.C8H10O/c1-3-5-13(6-4-2)14-9-7-12(11-15)8-10-14;1-8(2)9-4-5-11(14-3)10(6-9)12-7-13;1-9-7-8-5-3-2-4-6-8/h7-10,13H,3-6H2,1-2H3;4-7H,1H2,2-3H3,(H,12,13);2-6H,7H2,1H3. The highest BCUT2D eigenvalue weighted by Gasteiger charge is 2.09. The smallest absolute Gasteiger partial charge is 0.211 e. The van der Waals surface area contributed by atoms with Gasteiger partial charge in [-0.15, -0.1) is 0 Å². The van der Waals surface area contributed by atoms with Crippen LogP contribution in [0.25, 0.3) is 5.57 Å². The van der Waals surface area contributed by atoms with Gasteiger partial charge in [0.1, 0.15) is 5.75 Å². The lowest BCUT2D eigenvalue weighted by Crippen LogP contribution is -1.98. The van der Waals surface area contributed by atoms with E-state index in [1.165, 1.54) is 36.8 Å². The number of hydrogen-bond acceptors (Lipinski definition) is 4. The summed E-state index contributed by atoms with van der Waals surface area (Å²) in [5.74, 6) is 1.31. The molecule has 3 aromatic carbocycles. The summed E-state index contributed by atoms with van der Waals surface area (Å²) in [6.07, 6.45) is 5.58. The zero-order valence-electron chi connectivity index (χ0n) is 23.5. The van der Waals surface area contributed by atoms with E-state index in [9.17, 15) is 4.79 Å². The van der Waals surface area contributed by atoms with E-state index in [-0.39, 0.29) is 0 Å². The molecule has 0 aliphatic rings. The Morgan fingerprint density at radius 3 is 2.11 bits per heavy atom. The van der Waals surface area contributed by atoms with Crippen molar-refractivity contribution in [2.45, 2.75) is 59.0 Å². The first-order chi connectivity index (χ1) is 18.4. The highest BCUT2D eigenvalue weighted by atomic mass is 16.5. The van der Waals surface area contributed by atoms with Crippen molar-refractivity contribution in [1.29, 1.82) is 5.26 Å².